The Morgan fingerprint density at radius 2 is 2.03 bits per heavy atom. The van der Waals surface area contributed by atoms with Crippen molar-refractivity contribution in [3.8, 4) is 11.1 Å². The molecule has 1 unspecified atom stereocenters. The number of nitrogens with zero attached hydrogens (tertiary/aromatic N) is 3. The first kappa shape index (κ1) is 19.0. The lowest BCUT2D eigenvalue weighted by molar-refractivity contribution is -0.167. The molecule has 4 heterocycles. The number of morpholine rings is 1. The first-order valence-electron chi connectivity index (χ1n) is 8.68. The highest BCUT2D eigenvalue weighted by atomic mass is 19.4. The highest BCUT2D eigenvalue weighted by Gasteiger charge is 2.45. The summed E-state index contributed by atoms with van der Waals surface area (Å²) in [6.07, 6.45) is -0.116. The van der Waals surface area contributed by atoms with Crippen LogP contribution >= 0.6 is 0 Å². The van der Waals surface area contributed by atoms with Gasteiger partial charge >= 0.3 is 6.18 Å². The Bertz CT molecular complexity index is 1040. The lowest BCUT2D eigenvalue weighted by atomic mass is 10.1. The molecule has 0 aromatic carbocycles. The van der Waals surface area contributed by atoms with Gasteiger partial charge in [0, 0.05) is 18.8 Å². The summed E-state index contributed by atoms with van der Waals surface area (Å²) in [5, 5.41) is 2.86. The Balaban J connectivity index is 1.68. The third-order valence-corrected chi connectivity index (χ3v) is 4.41. The third-order valence-electron chi connectivity index (χ3n) is 4.41. The number of H-pyrrole nitrogens is 1. The number of hydrogen-bond acceptors (Lipinski definition) is 7. The molecule has 0 spiro atoms. The van der Waals surface area contributed by atoms with Gasteiger partial charge in [0.15, 0.2) is 0 Å². The van der Waals surface area contributed by atoms with Crippen molar-refractivity contribution >= 4 is 17.7 Å². The van der Waals surface area contributed by atoms with Crippen LogP contribution in [-0.4, -0.2) is 46.9 Å². The molecule has 152 valence electrons. The smallest absolute Gasteiger partial charge is 0.411 e. The predicted octanol–water partition coefficient (Wildman–Crippen LogP) is 2.94. The molecule has 1 aliphatic heterocycles. The van der Waals surface area contributed by atoms with E-state index in [1.165, 1.54) is 30.8 Å². The van der Waals surface area contributed by atoms with Gasteiger partial charge in [0.2, 0.25) is 5.56 Å². The van der Waals surface area contributed by atoms with Gasteiger partial charge in [0.25, 0.3) is 6.01 Å². The van der Waals surface area contributed by atoms with E-state index < -0.39 is 24.4 Å². The average molecular weight is 407 g/mol. The molecule has 0 saturated carbocycles. The minimum absolute atomic E-state index is 0.0108. The highest BCUT2D eigenvalue weighted by Crippen LogP contribution is 2.31. The summed E-state index contributed by atoms with van der Waals surface area (Å²) >= 11 is 0. The van der Waals surface area contributed by atoms with Crippen LogP contribution in [0, 0.1) is 0 Å². The minimum atomic E-state index is -4.49. The zero-order valence-corrected chi connectivity index (χ0v) is 14.9. The van der Waals surface area contributed by atoms with Gasteiger partial charge < -0.3 is 19.0 Å². The molecular formula is C18H16F3N5O3. The van der Waals surface area contributed by atoms with Crippen LogP contribution < -0.4 is 15.8 Å². The number of rotatable bonds is 4. The zero-order chi connectivity index (χ0) is 20.4. The molecule has 0 radical (unpaired) electrons. The summed E-state index contributed by atoms with van der Waals surface area (Å²) in [6.45, 7) is -0.343. The van der Waals surface area contributed by atoms with Crippen molar-refractivity contribution in [1.82, 2.24) is 15.0 Å². The molecule has 1 fully saturated rings. The summed E-state index contributed by atoms with van der Waals surface area (Å²) in [4.78, 5) is 23.9. The van der Waals surface area contributed by atoms with Crippen molar-refractivity contribution in [3.05, 3.63) is 53.3 Å². The van der Waals surface area contributed by atoms with E-state index in [0.717, 1.165) is 4.90 Å². The summed E-state index contributed by atoms with van der Waals surface area (Å²) in [7, 11) is 0. The quantitative estimate of drug-likeness (QED) is 0.686. The number of oxazole rings is 1. The van der Waals surface area contributed by atoms with Gasteiger partial charge in [-0.05, 0) is 29.3 Å². The fraction of sp³-hybridized carbons (Fsp3) is 0.278. The maximum absolute atomic E-state index is 13.4. The largest absolute Gasteiger partial charge is 0.432 e. The second-order valence-electron chi connectivity index (χ2n) is 6.34. The number of alkyl halides is 3. The molecule has 4 rings (SSSR count). The van der Waals surface area contributed by atoms with Gasteiger partial charge in [0.1, 0.15) is 23.9 Å². The van der Waals surface area contributed by atoms with Crippen LogP contribution in [0.5, 0.6) is 0 Å². The average Bonchev–Trinajstić information content (AvgIpc) is 3.20. The fourth-order valence-electron chi connectivity index (χ4n) is 3.09. The lowest BCUT2D eigenvalue weighted by Crippen LogP contribution is -2.54. The Hall–Kier alpha value is -3.34. The maximum atomic E-state index is 13.4. The third kappa shape index (κ3) is 4.24. The van der Waals surface area contributed by atoms with Crippen LogP contribution in [-0.2, 0) is 4.74 Å². The number of halogens is 3. The number of anilines is 3. The Morgan fingerprint density at radius 3 is 2.79 bits per heavy atom. The van der Waals surface area contributed by atoms with E-state index in [2.05, 4.69) is 20.3 Å². The maximum Gasteiger partial charge on any atom is 0.411 e. The van der Waals surface area contributed by atoms with Crippen molar-refractivity contribution in [2.75, 3.05) is 30.0 Å². The van der Waals surface area contributed by atoms with Crippen molar-refractivity contribution in [2.24, 2.45) is 0 Å². The van der Waals surface area contributed by atoms with E-state index in [9.17, 15) is 18.0 Å². The second-order valence-corrected chi connectivity index (χ2v) is 6.34. The molecule has 0 amide bonds. The number of ether oxygens (including phenoxy) is 1. The Kier molecular flexibility index (Phi) is 4.97. The van der Waals surface area contributed by atoms with E-state index in [4.69, 9.17) is 9.15 Å². The van der Waals surface area contributed by atoms with Crippen LogP contribution in [0.25, 0.3) is 11.1 Å². The van der Waals surface area contributed by atoms with Gasteiger partial charge in [-0.15, -0.1) is 0 Å². The Morgan fingerprint density at radius 1 is 1.17 bits per heavy atom. The molecule has 8 nitrogen and oxygen atoms in total. The lowest BCUT2D eigenvalue weighted by Gasteiger charge is -2.37. The minimum Gasteiger partial charge on any atom is -0.432 e. The van der Waals surface area contributed by atoms with E-state index >= 15 is 0 Å². The van der Waals surface area contributed by atoms with Crippen LogP contribution in [0.3, 0.4) is 0 Å². The van der Waals surface area contributed by atoms with Crippen molar-refractivity contribution in [1.29, 1.82) is 0 Å². The number of pyridine rings is 2. The van der Waals surface area contributed by atoms with Crippen LogP contribution in [0.15, 0.2) is 52.1 Å². The predicted molar refractivity (Wildman–Crippen MR) is 98.1 cm³/mol. The topological polar surface area (TPSA) is 96.3 Å². The number of hydrogen-bond donors (Lipinski definition) is 2. The van der Waals surface area contributed by atoms with Crippen molar-refractivity contribution in [2.45, 2.75) is 12.2 Å². The highest BCUT2D eigenvalue weighted by molar-refractivity contribution is 5.69. The monoisotopic (exact) mass is 407 g/mol. The summed E-state index contributed by atoms with van der Waals surface area (Å²) in [5.41, 5.74) is 0.538. The van der Waals surface area contributed by atoms with Crippen LogP contribution in [0.1, 0.15) is 0 Å². The first-order valence-corrected chi connectivity index (χ1v) is 8.68. The second kappa shape index (κ2) is 7.59. The standard InChI is InChI=1S/C18H16F3N5O3/c19-18(20,21)13-10-28-6-4-26(13)15-8-12(9-16(27)25-15)11-1-2-22-14(7-11)24-17-23-3-5-29-17/h1-3,5,7-9,13H,4,6,10H2,(H,25,27)(H,22,23,24). The summed E-state index contributed by atoms with van der Waals surface area (Å²) in [5.74, 6) is 0.489. The fourth-order valence-corrected chi connectivity index (χ4v) is 3.09. The normalized spacial score (nSPS) is 17.3. The van der Waals surface area contributed by atoms with Crippen LogP contribution in [0.2, 0.25) is 0 Å². The SMILES string of the molecule is O=c1cc(-c2ccnc(Nc3ncco3)c2)cc(N2CCOCC2C(F)(F)F)[nH]1. The molecule has 0 bridgehead atoms. The molecule has 2 N–H and O–H groups in total. The first-order chi connectivity index (χ1) is 13.9. The molecule has 0 aliphatic carbocycles. The van der Waals surface area contributed by atoms with E-state index in [1.54, 1.807) is 12.1 Å². The number of aromatic nitrogens is 3. The van der Waals surface area contributed by atoms with Gasteiger partial charge in [-0.25, -0.2) is 9.97 Å². The van der Waals surface area contributed by atoms with E-state index in [1.807, 2.05) is 0 Å². The molecule has 1 saturated heterocycles. The summed E-state index contributed by atoms with van der Waals surface area (Å²) < 4.78 is 50.3. The molecule has 11 heteroatoms. The van der Waals surface area contributed by atoms with Crippen molar-refractivity contribution < 1.29 is 22.3 Å². The van der Waals surface area contributed by atoms with Gasteiger partial charge in [-0.1, -0.05) is 0 Å². The van der Waals surface area contributed by atoms with Crippen molar-refractivity contribution in [3.63, 3.8) is 0 Å². The molecular weight excluding hydrogens is 391 g/mol. The molecule has 3 aromatic rings. The molecule has 1 aliphatic rings. The number of aromatic amines is 1. The van der Waals surface area contributed by atoms with E-state index in [-0.39, 0.29) is 25.0 Å². The van der Waals surface area contributed by atoms with Crippen LogP contribution in [0.4, 0.5) is 30.8 Å². The zero-order valence-electron chi connectivity index (χ0n) is 14.9. The van der Waals surface area contributed by atoms with Gasteiger partial charge in [-0.2, -0.15) is 13.2 Å². The van der Waals surface area contributed by atoms with E-state index in [0.29, 0.717) is 16.9 Å². The molecule has 3 aromatic heterocycles. The molecule has 1 atom stereocenters. The van der Waals surface area contributed by atoms with Gasteiger partial charge in [0.05, 0.1) is 19.4 Å². The summed E-state index contributed by atoms with van der Waals surface area (Å²) in [6, 6.07) is 4.53. The molecule has 29 heavy (non-hydrogen) atoms. The number of nitrogens with one attached hydrogen (secondary N) is 2. The van der Waals surface area contributed by atoms with Gasteiger partial charge in [-0.3, -0.25) is 10.1 Å². The Labute approximate surface area is 162 Å².